The van der Waals surface area contributed by atoms with Gasteiger partial charge in [-0.25, -0.2) is 19.0 Å². The second-order valence-corrected chi connectivity index (χ2v) is 17.6. The number of benzene rings is 3. The zero-order valence-corrected chi connectivity index (χ0v) is 36.4. The molecule has 1 aliphatic carbocycles. The van der Waals surface area contributed by atoms with Crippen LogP contribution in [-0.4, -0.2) is 82.6 Å². The van der Waals surface area contributed by atoms with Crippen LogP contribution in [0.3, 0.4) is 0 Å². The highest BCUT2D eigenvalue weighted by Gasteiger charge is 2.59. The van der Waals surface area contributed by atoms with Crippen LogP contribution >= 0.6 is 0 Å². The Balaban J connectivity index is 0.949. The lowest BCUT2D eigenvalue weighted by Crippen LogP contribution is -2.41. The highest BCUT2D eigenvalue weighted by molar-refractivity contribution is 6.00. The molecule has 0 spiro atoms. The molecule has 2 atom stereocenters. The van der Waals surface area contributed by atoms with Gasteiger partial charge in [-0.1, -0.05) is 24.7 Å². The van der Waals surface area contributed by atoms with Gasteiger partial charge >= 0.3 is 17.6 Å². The number of fused-ring (bicyclic) bond motifs is 2. The number of aromatic amines is 1. The molecule has 0 radical (unpaired) electrons. The van der Waals surface area contributed by atoms with E-state index in [1.807, 2.05) is 10.6 Å². The average Bonchev–Trinajstić information content (AvgIpc) is 3.80. The van der Waals surface area contributed by atoms with Gasteiger partial charge < -0.3 is 14.2 Å². The van der Waals surface area contributed by atoms with Crippen molar-refractivity contribution in [2.24, 2.45) is 11.0 Å². The standard InChI is InChI=1S/C47H46F4N10O5/c1-27-19-37(20-28(2)41(27)48)61(30(4)57-15-16-58(45(57)64)36-6-8-38-34(22-36)25-52-59(38)26-47(49,50)51)54-35-9-13-56(14-10-35)42(62)40-23-33-21-32(31-11-17-65-18-12-31)5-7-39(33)60(40)46(24-29(46)3)43-53-44(63)66-55-43/h5-8,15-16,19-23,25,29,31H,4,9-14,17-18,24,26H2,1-3H3,(H,53,55,63)/t29?,46-/m0/s1. The van der Waals surface area contributed by atoms with E-state index < -0.39 is 29.7 Å². The van der Waals surface area contributed by atoms with Gasteiger partial charge in [0, 0.05) is 73.5 Å². The van der Waals surface area contributed by atoms with E-state index in [9.17, 15) is 31.9 Å². The predicted octanol–water partition coefficient (Wildman–Crippen LogP) is 7.84. The fourth-order valence-electron chi connectivity index (χ4n) is 9.75. The predicted molar refractivity (Wildman–Crippen MR) is 238 cm³/mol. The third-order valence-corrected chi connectivity index (χ3v) is 13.3. The quantitative estimate of drug-likeness (QED) is 0.108. The maximum atomic E-state index is 15.0. The van der Waals surface area contributed by atoms with Crippen LogP contribution in [0.4, 0.5) is 23.2 Å². The number of amides is 1. The molecule has 66 heavy (non-hydrogen) atoms. The van der Waals surface area contributed by atoms with Gasteiger partial charge in [0.05, 0.1) is 23.1 Å². The summed E-state index contributed by atoms with van der Waals surface area (Å²) in [6.07, 6.45) is 3.09. The van der Waals surface area contributed by atoms with Crippen LogP contribution in [0.2, 0.25) is 0 Å². The van der Waals surface area contributed by atoms with Crippen molar-refractivity contribution in [1.82, 2.24) is 38.5 Å². The number of rotatable bonds is 10. The second kappa shape index (κ2) is 16.1. The Hall–Kier alpha value is -7.02. The maximum Gasteiger partial charge on any atom is 0.438 e. The monoisotopic (exact) mass is 906 g/mol. The first-order valence-corrected chi connectivity index (χ1v) is 21.8. The van der Waals surface area contributed by atoms with Crippen molar-refractivity contribution in [2.45, 2.75) is 77.1 Å². The minimum absolute atomic E-state index is 0.0401. The van der Waals surface area contributed by atoms with Crippen molar-refractivity contribution in [1.29, 1.82) is 0 Å². The Morgan fingerprint density at radius 3 is 2.36 bits per heavy atom. The molecule has 19 heteroatoms. The minimum atomic E-state index is -4.46. The van der Waals surface area contributed by atoms with Gasteiger partial charge in [-0.05, 0) is 110 Å². The summed E-state index contributed by atoms with van der Waals surface area (Å²) in [5, 5.41) is 15.8. The number of ether oxygens (including phenoxy) is 1. The van der Waals surface area contributed by atoms with E-state index >= 15 is 0 Å². The number of aromatic nitrogens is 7. The summed E-state index contributed by atoms with van der Waals surface area (Å²) in [5.74, 6) is -0.354. The summed E-state index contributed by atoms with van der Waals surface area (Å²) in [7, 11) is 0. The number of imidazole rings is 1. The fraction of sp³-hybridized carbons (Fsp3) is 0.362. The Morgan fingerprint density at radius 2 is 1.70 bits per heavy atom. The molecule has 1 N–H and O–H groups in total. The van der Waals surface area contributed by atoms with Gasteiger partial charge in [-0.3, -0.25) is 28.1 Å². The number of alkyl halides is 3. The van der Waals surface area contributed by atoms with Gasteiger partial charge in [0.2, 0.25) is 0 Å². The van der Waals surface area contributed by atoms with Crippen LogP contribution in [0.25, 0.3) is 33.3 Å². The summed E-state index contributed by atoms with van der Waals surface area (Å²) in [4.78, 5) is 45.7. The number of aryl methyl sites for hydroxylation is 2. The summed E-state index contributed by atoms with van der Waals surface area (Å²) < 4.78 is 70.6. The van der Waals surface area contributed by atoms with E-state index in [-0.39, 0.29) is 29.0 Å². The average molecular weight is 907 g/mol. The molecular formula is C47H46F4N10O5. The fourth-order valence-corrected chi connectivity index (χ4v) is 9.75. The van der Waals surface area contributed by atoms with Crippen LogP contribution in [-0.2, 0) is 16.8 Å². The van der Waals surface area contributed by atoms with E-state index in [2.05, 4.69) is 46.9 Å². The van der Waals surface area contributed by atoms with E-state index in [0.717, 1.165) is 28.4 Å². The molecule has 3 aromatic carbocycles. The molecule has 1 amide bonds. The first-order chi connectivity index (χ1) is 31.6. The number of likely N-dealkylation sites (tertiary alicyclic amines) is 1. The van der Waals surface area contributed by atoms with Crippen molar-refractivity contribution in [2.75, 3.05) is 31.3 Å². The molecule has 15 nitrogen and oxygen atoms in total. The highest BCUT2D eigenvalue weighted by atomic mass is 19.4. The number of hydrogen-bond donors (Lipinski definition) is 1. The molecule has 2 aliphatic heterocycles. The molecular weight excluding hydrogens is 861 g/mol. The zero-order chi connectivity index (χ0) is 46.2. The Bertz CT molecular complexity index is 3190. The lowest BCUT2D eigenvalue weighted by atomic mass is 9.91. The molecule has 342 valence electrons. The van der Waals surface area contributed by atoms with Gasteiger partial charge in [-0.2, -0.15) is 23.4 Å². The molecule has 1 unspecified atom stereocenters. The normalized spacial score (nSPS) is 19.2. The van der Waals surface area contributed by atoms with Crippen molar-refractivity contribution < 1.29 is 31.6 Å². The molecule has 3 aliphatic rings. The first-order valence-electron chi connectivity index (χ1n) is 21.8. The van der Waals surface area contributed by atoms with Crippen LogP contribution in [0, 0.1) is 25.6 Å². The third kappa shape index (κ3) is 7.53. The number of nitrogens with zero attached hydrogens (tertiary/aromatic N) is 9. The highest BCUT2D eigenvalue weighted by Crippen LogP contribution is 2.56. The van der Waals surface area contributed by atoms with Crippen LogP contribution in [0.5, 0.6) is 0 Å². The Labute approximate surface area is 374 Å². The van der Waals surface area contributed by atoms with Crippen molar-refractivity contribution in [3.63, 3.8) is 0 Å². The van der Waals surface area contributed by atoms with Gasteiger partial charge in [-0.15, -0.1) is 0 Å². The minimum Gasteiger partial charge on any atom is -0.381 e. The number of hydrogen-bond acceptors (Lipinski definition) is 9. The topological polar surface area (TPSA) is 154 Å². The van der Waals surface area contributed by atoms with Gasteiger partial charge in [0.15, 0.2) is 5.82 Å². The molecule has 2 saturated heterocycles. The number of anilines is 1. The Morgan fingerprint density at radius 1 is 0.985 bits per heavy atom. The number of H-pyrrole nitrogens is 1. The van der Waals surface area contributed by atoms with Crippen LogP contribution in [0.15, 0.2) is 99.0 Å². The van der Waals surface area contributed by atoms with Crippen molar-refractivity contribution in [3.8, 4) is 5.69 Å². The van der Waals surface area contributed by atoms with E-state index in [1.54, 1.807) is 36.9 Å². The lowest BCUT2D eigenvalue weighted by molar-refractivity contribution is -0.141. The van der Waals surface area contributed by atoms with E-state index in [4.69, 9.17) is 14.4 Å². The third-order valence-electron chi connectivity index (χ3n) is 13.3. The van der Waals surface area contributed by atoms with Gasteiger partial charge in [0.1, 0.15) is 29.4 Å². The SMILES string of the molecule is C=C(N(N=C1CCN(C(=O)c2cc3cc(C4CCOCC4)ccc3n2[C@@]2(c3noc(=O)[nH]3)CC2C)CC1)c1cc(C)c(F)c(C)c1)n1ccn(-c2ccc3c(cnn3CC(F)(F)F)c2)c1=O. The zero-order valence-electron chi connectivity index (χ0n) is 36.4. The summed E-state index contributed by atoms with van der Waals surface area (Å²) in [5.41, 5.74) is 3.72. The van der Waals surface area contributed by atoms with Crippen molar-refractivity contribution in [3.05, 3.63) is 135 Å². The van der Waals surface area contributed by atoms with E-state index in [0.29, 0.717) is 96.6 Å². The van der Waals surface area contributed by atoms with Crippen LogP contribution < -0.4 is 16.5 Å². The number of nitrogens with one attached hydrogen (secondary N) is 1. The number of carbonyl (C=O) groups is 1. The largest absolute Gasteiger partial charge is 0.438 e. The number of hydrazone groups is 1. The maximum absolute atomic E-state index is 15.0. The number of halogens is 4. The molecule has 7 aromatic rings. The molecule has 4 aromatic heterocycles. The first kappa shape index (κ1) is 42.9. The Kier molecular flexibility index (Phi) is 10.5. The molecule has 1 saturated carbocycles. The summed E-state index contributed by atoms with van der Waals surface area (Å²) in [6.45, 7) is 10.4. The molecule has 3 fully saturated rings. The summed E-state index contributed by atoms with van der Waals surface area (Å²) in [6, 6.07) is 16.1. The smallest absolute Gasteiger partial charge is 0.381 e. The van der Waals surface area contributed by atoms with Crippen molar-refractivity contribution >= 4 is 44.9 Å². The van der Waals surface area contributed by atoms with E-state index in [1.165, 1.54) is 50.4 Å². The number of piperidine rings is 1. The summed E-state index contributed by atoms with van der Waals surface area (Å²) >= 11 is 0. The molecule has 0 bridgehead atoms. The van der Waals surface area contributed by atoms with Crippen LogP contribution in [0.1, 0.15) is 77.9 Å². The molecule has 6 heterocycles. The second-order valence-electron chi connectivity index (χ2n) is 17.6. The molecule has 10 rings (SSSR count). The number of carbonyl (C=O) groups excluding carboxylic acids is 1. The lowest BCUT2D eigenvalue weighted by Gasteiger charge is -2.31. The van der Waals surface area contributed by atoms with Gasteiger partial charge in [0.25, 0.3) is 5.91 Å².